The van der Waals surface area contributed by atoms with Gasteiger partial charge in [-0.2, -0.15) is 5.10 Å². The summed E-state index contributed by atoms with van der Waals surface area (Å²) in [4.78, 5) is 26.8. The average molecular weight is 361 g/mol. The van der Waals surface area contributed by atoms with E-state index in [2.05, 4.69) is 5.10 Å². The second kappa shape index (κ2) is 6.72. The van der Waals surface area contributed by atoms with Gasteiger partial charge in [-0.25, -0.2) is 4.68 Å². The van der Waals surface area contributed by atoms with Gasteiger partial charge in [0.05, 0.1) is 17.6 Å². The molecule has 0 aliphatic rings. The Morgan fingerprint density at radius 2 is 1.85 bits per heavy atom. The Hall–Kier alpha value is -3.41. The minimum Gasteiger partial charge on any atom is -0.459 e. The number of carbonyl (C=O) groups is 1. The fraction of sp³-hybridized carbons (Fsp3) is 0.190. The second-order valence-electron chi connectivity index (χ2n) is 6.56. The molecule has 0 fully saturated rings. The zero-order chi connectivity index (χ0) is 19.0. The molecule has 0 radical (unpaired) electrons. The van der Waals surface area contributed by atoms with E-state index >= 15 is 0 Å². The highest BCUT2D eigenvalue weighted by molar-refractivity contribution is 5.81. The van der Waals surface area contributed by atoms with Gasteiger partial charge in [0.15, 0.2) is 0 Å². The molecule has 0 saturated carbocycles. The van der Waals surface area contributed by atoms with Crippen LogP contribution in [0.5, 0.6) is 0 Å². The summed E-state index contributed by atoms with van der Waals surface area (Å²) in [6, 6.07) is 16.6. The van der Waals surface area contributed by atoms with Gasteiger partial charge in [-0.05, 0) is 25.1 Å². The number of benzene rings is 2. The monoisotopic (exact) mass is 361 g/mol. The molecule has 1 unspecified atom stereocenters. The lowest BCUT2D eigenvalue weighted by atomic mass is 10.2. The van der Waals surface area contributed by atoms with Gasteiger partial charge in [0.1, 0.15) is 17.9 Å². The van der Waals surface area contributed by atoms with Gasteiger partial charge in [0.2, 0.25) is 5.91 Å². The van der Waals surface area contributed by atoms with Crippen LogP contribution in [0.4, 0.5) is 0 Å². The number of aromatic nitrogens is 2. The summed E-state index contributed by atoms with van der Waals surface area (Å²) >= 11 is 0. The van der Waals surface area contributed by atoms with E-state index in [1.54, 1.807) is 30.3 Å². The fourth-order valence-electron chi connectivity index (χ4n) is 3.10. The highest BCUT2D eigenvalue weighted by Crippen LogP contribution is 2.26. The molecule has 0 spiro atoms. The highest BCUT2D eigenvalue weighted by atomic mass is 16.3. The largest absolute Gasteiger partial charge is 0.459 e. The number of rotatable bonds is 4. The number of hydrogen-bond acceptors (Lipinski definition) is 4. The highest BCUT2D eigenvalue weighted by Gasteiger charge is 2.21. The Morgan fingerprint density at radius 3 is 2.63 bits per heavy atom. The SMILES string of the molecule is CC(c1cc2ccccc2o1)N(C)C(=O)Cn1ncc2ccccc2c1=O. The summed E-state index contributed by atoms with van der Waals surface area (Å²) in [5, 5.41) is 6.43. The maximum atomic E-state index is 12.7. The van der Waals surface area contributed by atoms with Gasteiger partial charge in [0, 0.05) is 17.8 Å². The van der Waals surface area contributed by atoms with Crippen molar-refractivity contribution in [2.45, 2.75) is 19.5 Å². The lowest BCUT2D eigenvalue weighted by Gasteiger charge is -2.23. The zero-order valence-corrected chi connectivity index (χ0v) is 15.1. The molecular weight excluding hydrogens is 342 g/mol. The van der Waals surface area contributed by atoms with Crippen LogP contribution in [-0.4, -0.2) is 27.6 Å². The van der Waals surface area contributed by atoms with E-state index in [9.17, 15) is 9.59 Å². The summed E-state index contributed by atoms with van der Waals surface area (Å²) in [7, 11) is 1.70. The molecule has 0 N–H and O–H groups in total. The molecule has 0 bridgehead atoms. The van der Waals surface area contributed by atoms with Crippen molar-refractivity contribution in [3.8, 4) is 0 Å². The molecule has 0 aliphatic heterocycles. The van der Waals surface area contributed by atoms with E-state index in [1.807, 2.05) is 49.4 Å². The van der Waals surface area contributed by atoms with E-state index in [0.717, 1.165) is 16.4 Å². The van der Waals surface area contributed by atoms with E-state index in [1.165, 1.54) is 4.68 Å². The number of amides is 1. The first-order valence-electron chi connectivity index (χ1n) is 8.73. The molecule has 2 aromatic carbocycles. The third-order valence-corrected chi connectivity index (χ3v) is 4.88. The number of para-hydroxylation sites is 1. The number of furan rings is 1. The lowest BCUT2D eigenvalue weighted by Crippen LogP contribution is -2.36. The predicted octanol–water partition coefficient (Wildman–Crippen LogP) is 3.36. The van der Waals surface area contributed by atoms with Crippen LogP contribution in [0.1, 0.15) is 18.7 Å². The smallest absolute Gasteiger partial charge is 0.275 e. The third-order valence-electron chi connectivity index (χ3n) is 4.88. The molecule has 6 nitrogen and oxygen atoms in total. The van der Waals surface area contributed by atoms with E-state index in [4.69, 9.17) is 4.42 Å². The van der Waals surface area contributed by atoms with E-state index in [0.29, 0.717) is 11.1 Å². The van der Waals surface area contributed by atoms with Crippen LogP contribution in [0.25, 0.3) is 21.7 Å². The molecule has 1 atom stereocenters. The molecule has 136 valence electrons. The first-order chi connectivity index (χ1) is 13.0. The van der Waals surface area contributed by atoms with Crippen molar-refractivity contribution >= 4 is 27.6 Å². The van der Waals surface area contributed by atoms with Gasteiger partial charge in [-0.1, -0.05) is 36.4 Å². The molecule has 0 aliphatic carbocycles. The first kappa shape index (κ1) is 17.0. The predicted molar refractivity (Wildman–Crippen MR) is 103 cm³/mol. The van der Waals surface area contributed by atoms with Crippen molar-refractivity contribution in [2.75, 3.05) is 7.05 Å². The van der Waals surface area contributed by atoms with Gasteiger partial charge < -0.3 is 9.32 Å². The number of hydrogen-bond donors (Lipinski definition) is 0. The minimum atomic E-state index is -0.272. The summed E-state index contributed by atoms with van der Waals surface area (Å²) in [6.07, 6.45) is 1.60. The topological polar surface area (TPSA) is 68.3 Å². The molecule has 6 heteroatoms. The van der Waals surface area contributed by atoms with Crippen molar-refractivity contribution in [3.63, 3.8) is 0 Å². The number of nitrogens with zero attached hydrogens (tertiary/aromatic N) is 3. The maximum absolute atomic E-state index is 12.7. The van der Waals surface area contributed by atoms with Crippen LogP contribution >= 0.6 is 0 Å². The quantitative estimate of drug-likeness (QED) is 0.559. The Bertz CT molecular complexity index is 1160. The third kappa shape index (κ3) is 3.10. The van der Waals surface area contributed by atoms with Gasteiger partial charge >= 0.3 is 0 Å². The van der Waals surface area contributed by atoms with Crippen LogP contribution in [0.2, 0.25) is 0 Å². The summed E-state index contributed by atoms with van der Waals surface area (Å²) in [6.45, 7) is 1.77. The van der Waals surface area contributed by atoms with Gasteiger partial charge in [0.25, 0.3) is 5.56 Å². The number of fused-ring (bicyclic) bond motifs is 2. The first-order valence-corrected chi connectivity index (χ1v) is 8.73. The number of carbonyl (C=O) groups excluding carboxylic acids is 1. The van der Waals surface area contributed by atoms with E-state index in [-0.39, 0.29) is 24.1 Å². The molecule has 27 heavy (non-hydrogen) atoms. The van der Waals surface area contributed by atoms with Crippen LogP contribution in [0, 0.1) is 0 Å². The van der Waals surface area contributed by atoms with Crippen LogP contribution in [0.15, 0.2) is 70.0 Å². The molecule has 1 amide bonds. The van der Waals surface area contributed by atoms with Crippen molar-refractivity contribution in [1.82, 2.24) is 14.7 Å². The molecule has 0 saturated heterocycles. The maximum Gasteiger partial charge on any atom is 0.275 e. The van der Waals surface area contributed by atoms with Crippen molar-refractivity contribution < 1.29 is 9.21 Å². The summed E-state index contributed by atoms with van der Waals surface area (Å²) < 4.78 is 7.06. The Labute approximate surface area is 155 Å². The molecule has 2 aromatic heterocycles. The van der Waals surface area contributed by atoms with Crippen molar-refractivity contribution in [1.29, 1.82) is 0 Å². The lowest BCUT2D eigenvalue weighted by molar-refractivity contribution is -0.133. The molecule has 4 aromatic rings. The molecule has 2 heterocycles. The standard InChI is InChI=1S/C21H19N3O3/c1-14(19-11-15-7-4-6-10-18(15)27-19)23(2)20(25)13-24-21(26)17-9-5-3-8-16(17)12-22-24/h3-12,14H,13H2,1-2H3. The normalized spacial score (nSPS) is 12.4. The Kier molecular flexibility index (Phi) is 4.24. The average Bonchev–Trinajstić information content (AvgIpc) is 3.13. The van der Waals surface area contributed by atoms with E-state index < -0.39 is 0 Å². The second-order valence-corrected chi connectivity index (χ2v) is 6.56. The van der Waals surface area contributed by atoms with Gasteiger partial charge in [-0.3, -0.25) is 9.59 Å². The molecular formula is C21H19N3O3. The van der Waals surface area contributed by atoms with Crippen LogP contribution in [0.3, 0.4) is 0 Å². The summed E-state index contributed by atoms with van der Waals surface area (Å²) in [5.41, 5.74) is 0.513. The Morgan fingerprint density at radius 1 is 1.15 bits per heavy atom. The summed E-state index contributed by atoms with van der Waals surface area (Å²) in [5.74, 6) is 0.485. The fourth-order valence-corrected chi connectivity index (χ4v) is 3.10. The Balaban J connectivity index is 1.57. The van der Waals surface area contributed by atoms with Crippen LogP contribution < -0.4 is 5.56 Å². The van der Waals surface area contributed by atoms with Gasteiger partial charge in [-0.15, -0.1) is 0 Å². The number of likely N-dealkylation sites (N-methyl/N-ethyl adjacent to an activating group) is 1. The molecule has 4 rings (SSSR count). The zero-order valence-electron chi connectivity index (χ0n) is 15.1. The van der Waals surface area contributed by atoms with Crippen molar-refractivity contribution in [3.05, 3.63) is 76.9 Å². The van der Waals surface area contributed by atoms with Crippen molar-refractivity contribution in [2.24, 2.45) is 0 Å². The minimum absolute atomic E-state index is 0.120. The van der Waals surface area contributed by atoms with Crippen LogP contribution in [-0.2, 0) is 11.3 Å².